The lowest BCUT2D eigenvalue weighted by Crippen LogP contribution is -2.19. The number of nitrogens with zero attached hydrogens (tertiary/aromatic N) is 1. The van der Waals surface area contributed by atoms with Crippen molar-refractivity contribution in [1.29, 1.82) is 0 Å². The van der Waals surface area contributed by atoms with Crippen molar-refractivity contribution in [3.05, 3.63) is 52.9 Å². The summed E-state index contributed by atoms with van der Waals surface area (Å²) in [6.07, 6.45) is 0. The summed E-state index contributed by atoms with van der Waals surface area (Å²) in [6, 6.07) is 9.97. The highest BCUT2D eigenvalue weighted by atomic mass is 32.1. The van der Waals surface area contributed by atoms with E-state index < -0.39 is 6.03 Å². The Bertz CT molecular complexity index is 843. The third-order valence-electron chi connectivity index (χ3n) is 2.86. The van der Waals surface area contributed by atoms with Crippen LogP contribution in [0, 0.1) is 0 Å². The summed E-state index contributed by atoms with van der Waals surface area (Å²) in [5.74, 6) is -0.305. The first kappa shape index (κ1) is 15.2. The number of carbonyl (C=O) groups excluding carboxylic acids is 2. The molecule has 3 aromatic rings. The van der Waals surface area contributed by atoms with Gasteiger partial charge in [-0.25, -0.2) is 9.78 Å². The highest BCUT2D eigenvalue weighted by Crippen LogP contribution is 2.28. The molecule has 0 aliphatic carbocycles. The summed E-state index contributed by atoms with van der Waals surface area (Å²) in [6.45, 7) is 0. The number of hydrogen-bond donors (Lipinski definition) is 3. The molecule has 0 unspecified atom stereocenters. The van der Waals surface area contributed by atoms with Crippen LogP contribution in [0.3, 0.4) is 0 Å². The van der Waals surface area contributed by atoms with Crippen LogP contribution in [0.1, 0.15) is 10.5 Å². The third kappa shape index (κ3) is 3.74. The van der Waals surface area contributed by atoms with Gasteiger partial charge in [0.15, 0.2) is 0 Å². The molecular formula is C15H12N4O2S2. The summed E-state index contributed by atoms with van der Waals surface area (Å²) < 4.78 is 0. The number of thiophene rings is 1. The number of rotatable bonds is 4. The Balaban J connectivity index is 1.73. The first-order valence-electron chi connectivity index (χ1n) is 6.59. The SMILES string of the molecule is NC(=O)Nc1cccc(NC(=O)c2csc(-c3cccs3)n2)c1. The number of thiazole rings is 1. The lowest BCUT2D eigenvalue weighted by molar-refractivity contribution is 0.102. The van der Waals surface area contributed by atoms with Gasteiger partial charge in [0, 0.05) is 16.8 Å². The molecule has 0 atom stereocenters. The van der Waals surface area contributed by atoms with Crippen molar-refractivity contribution in [3.8, 4) is 9.88 Å². The first-order valence-corrected chi connectivity index (χ1v) is 8.35. The number of nitrogens with one attached hydrogen (secondary N) is 2. The van der Waals surface area contributed by atoms with Gasteiger partial charge >= 0.3 is 6.03 Å². The molecule has 0 bridgehead atoms. The number of amides is 3. The molecule has 3 amide bonds. The zero-order valence-corrected chi connectivity index (χ0v) is 13.4. The number of nitrogens with two attached hydrogens (primary N) is 1. The zero-order valence-electron chi connectivity index (χ0n) is 11.8. The van der Waals surface area contributed by atoms with E-state index in [1.165, 1.54) is 11.3 Å². The molecule has 6 nitrogen and oxygen atoms in total. The Morgan fingerprint density at radius 2 is 1.83 bits per heavy atom. The van der Waals surface area contributed by atoms with E-state index in [1.54, 1.807) is 41.0 Å². The summed E-state index contributed by atoms with van der Waals surface area (Å²) >= 11 is 3.00. The number of carbonyl (C=O) groups is 2. The van der Waals surface area contributed by atoms with Gasteiger partial charge in [0.1, 0.15) is 10.7 Å². The van der Waals surface area contributed by atoms with Gasteiger partial charge in [-0.15, -0.1) is 22.7 Å². The standard InChI is InChI=1S/C15H12N4O2S2/c16-15(21)18-10-4-1-3-9(7-10)17-13(20)11-8-23-14(19-11)12-5-2-6-22-12/h1-8H,(H,17,20)(H3,16,18,21). The molecule has 0 spiro atoms. The maximum Gasteiger partial charge on any atom is 0.316 e. The fraction of sp³-hybridized carbons (Fsp3) is 0. The number of aromatic nitrogens is 1. The van der Waals surface area contributed by atoms with Crippen molar-refractivity contribution in [2.75, 3.05) is 10.6 Å². The predicted molar refractivity (Wildman–Crippen MR) is 93.0 cm³/mol. The molecule has 3 rings (SSSR count). The van der Waals surface area contributed by atoms with Crippen LogP contribution in [0.5, 0.6) is 0 Å². The van der Waals surface area contributed by atoms with Gasteiger partial charge in [0.2, 0.25) is 0 Å². The minimum Gasteiger partial charge on any atom is -0.351 e. The fourth-order valence-corrected chi connectivity index (χ4v) is 3.52. The second kappa shape index (κ2) is 6.59. The van der Waals surface area contributed by atoms with E-state index in [0.717, 1.165) is 9.88 Å². The molecule has 23 heavy (non-hydrogen) atoms. The second-order valence-electron chi connectivity index (χ2n) is 4.54. The topological polar surface area (TPSA) is 97.1 Å². The van der Waals surface area contributed by atoms with Crippen LogP contribution >= 0.6 is 22.7 Å². The van der Waals surface area contributed by atoms with Crippen LogP contribution in [0.15, 0.2) is 47.2 Å². The van der Waals surface area contributed by atoms with E-state index in [-0.39, 0.29) is 5.91 Å². The quantitative estimate of drug-likeness (QED) is 0.674. The fourth-order valence-electron chi connectivity index (χ4n) is 1.90. The Morgan fingerprint density at radius 3 is 2.52 bits per heavy atom. The summed E-state index contributed by atoms with van der Waals surface area (Å²) in [5.41, 5.74) is 6.48. The number of anilines is 2. The van der Waals surface area contributed by atoms with Crippen LogP contribution < -0.4 is 16.4 Å². The number of benzene rings is 1. The van der Waals surface area contributed by atoms with E-state index in [2.05, 4.69) is 15.6 Å². The average Bonchev–Trinajstić information content (AvgIpc) is 3.18. The van der Waals surface area contributed by atoms with Gasteiger partial charge < -0.3 is 16.4 Å². The largest absolute Gasteiger partial charge is 0.351 e. The van der Waals surface area contributed by atoms with Crippen LogP contribution in [0.2, 0.25) is 0 Å². The van der Waals surface area contributed by atoms with Crippen molar-refractivity contribution in [2.24, 2.45) is 5.73 Å². The number of urea groups is 1. The highest BCUT2D eigenvalue weighted by molar-refractivity contribution is 7.20. The van der Waals surface area contributed by atoms with Crippen molar-refractivity contribution in [2.45, 2.75) is 0 Å². The molecule has 0 saturated carbocycles. The molecule has 2 heterocycles. The Labute approximate surface area is 140 Å². The minimum atomic E-state index is -0.659. The van der Waals surface area contributed by atoms with E-state index in [9.17, 15) is 9.59 Å². The lowest BCUT2D eigenvalue weighted by Gasteiger charge is -2.06. The zero-order chi connectivity index (χ0) is 16.2. The van der Waals surface area contributed by atoms with Gasteiger partial charge in [-0.2, -0.15) is 0 Å². The molecule has 2 aromatic heterocycles. The first-order chi connectivity index (χ1) is 11.1. The van der Waals surface area contributed by atoms with Crippen LogP contribution in [0.4, 0.5) is 16.2 Å². The van der Waals surface area contributed by atoms with Crippen LogP contribution in [-0.4, -0.2) is 16.9 Å². The summed E-state index contributed by atoms with van der Waals surface area (Å²) in [7, 11) is 0. The highest BCUT2D eigenvalue weighted by Gasteiger charge is 2.13. The van der Waals surface area contributed by atoms with Crippen molar-refractivity contribution >= 4 is 46.0 Å². The number of primary amides is 1. The van der Waals surface area contributed by atoms with Crippen LogP contribution in [-0.2, 0) is 0 Å². The van der Waals surface area contributed by atoms with Crippen molar-refractivity contribution in [3.63, 3.8) is 0 Å². The van der Waals surface area contributed by atoms with E-state index >= 15 is 0 Å². The molecule has 0 fully saturated rings. The third-order valence-corrected chi connectivity index (χ3v) is 4.74. The monoisotopic (exact) mass is 344 g/mol. The van der Waals surface area contributed by atoms with Gasteiger partial charge in [-0.05, 0) is 29.6 Å². The van der Waals surface area contributed by atoms with Crippen molar-refractivity contribution in [1.82, 2.24) is 4.98 Å². The summed E-state index contributed by atoms with van der Waals surface area (Å²) in [4.78, 5) is 28.5. The van der Waals surface area contributed by atoms with Gasteiger partial charge in [0.05, 0.1) is 4.88 Å². The normalized spacial score (nSPS) is 10.3. The molecule has 116 valence electrons. The minimum absolute atomic E-state index is 0.305. The maximum absolute atomic E-state index is 12.3. The lowest BCUT2D eigenvalue weighted by atomic mass is 10.2. The molecule has 0 aliphatic rings. The summed E-state index contributed by atoms with van der Waals surface area (Å²) in [5, 5.41) is 9.70. The Kier molecular flexibility index (Phi) is 4.35. The molecule has 4 N–H and O–H groups in total. The Morgan fingerprint density at radius 1 is 1.04 bits per heavy atom. The molecular weight excluding hydrogens is 332 g/mol. The smallest absolute Gasteiger partial charge is 0.316 e. The Hall–Kier alpha value is -2.71. The predicted octanol–water partition coefficient (Wildman–Crippen LogP) is 3.61. The second-order valence-corrected chi connectivity index (χ2v) is 6.35. The maximum atomic E-state index is 12.3. The molecule has 8 heteroatoms. The average molecular weight is 344 g/mol. The van der Waals surface area contributed by atoms with Crippen LogP contribution in [0.25, 0.3) is 9.88 Å². The van der Waals surface area contributed by atoms with Gasteiger partial charge in [-0.3, -0.25) is 4.79 Å². The molecule has 0 radical (unpaired) electrons. The van der Waals surface area contributed by atoms with E-state index in [0.29, 0.717) is 17.1 Å². The van der Waals surface area contributed by atoms with Crippen molar-refractivity contribution < 1.29 is 9.59 Å². The molecule has 1 aromatic carbocycles. The molecule has 0 aliphatic heterocycles. The van der Waals surface area contributed by atoms with Gasteiger partial charge in [0.25, 0.3) is 5.91 Å². The molecule has 0 saturated heterocycles. The van der Waals surface area contributed by atoms with E-state index in [4.69, 9.17) is 5.73 Å². The number of hydrogen-bond acceptors (Lipinski definition) is 5. The van der Waals surface area contributed by atoms with Gasteiger partial charge in [-0.1, -0.05) is 12.1 Å². The van der Waals surface area contributed by atoms with E-state index in [1.807, 2.05) is 17.5 Å².